The molecule has 0 saturated heterocycles. The van der Waals surface area contributed by atoms with Crippen molar-refractivity contribution in [3.8, 4) is 17.2 Å². The Labute approximate surface area is 156 Å². The van der Waals surface area contributed by atoms with Gasteiger partial charge in [0.2, 0.25) is 5.89 Å². The van der Waals surface area contributed by atoms with Gasteiger partial charge >= 0.3 is 5.97 Å². The lowest BCUT2D eigenvalue weighted by atomic mass is 10.1. The molecule has 0 aliphatic carbocycles. The van der Waals surface area contributed by atoms with Gasteiger partial charge in [0.15, 0.2) is 6.61 Å². The van der Waals surface area contributed by atoms with E-state index in [-0.39, 0.29) is 12.6 Å². The first-order chi connectivity index (χ1) is 13.2. The molecule has 0 spiro atoms. The van der Waals surface area contributed by atoms with Crippen LogP contribution in [0.4, 0.5) is 0 Å². The van der Waals surface area contributed by atoms with Crippen molar-refractivity contribution in [2.75, 3.05) is 14.2 Å². The standard InChI is InChI=1S/C20H18N2O5/c1-24-18-9-7-15(8-10-18)19-22-17(12-26-19)13-27-21-11-14-3-5-16(6-4-14)20(23)25-2/h3-12H,13H2,1-2H3/b21-11+. The first-order valence-corrected chi connectivity index (χ1v) is 8.12. The Morgan fingerprint density at radius 2 is 1.85 bits per heavy atom. The molecule has 1 aromatic heterocycles. The fraction of sp³-hybridized carbons (Fsp3) is 0.150. The number of esters is 1. The Morgan fingerprint density at radius 1 is 1.11 bits per heavy atom. The molecule has 0 aliphatic rings. The first kappa shape index (κ1) is 18.2. The van der Waals surface area contributed by atoms with Gasteiger partial charge in [-0.2, -0.15) is 0 Å². The monoisotopic (exact) mass is 366 g/mol. The molecular weight excluding hydrogens is 348 g/mol. The van der Waals surface area contributed by atoms with Crippen molar-refractivity contribution in [1.29, 1.82) is 0 Å². The summed E-state index contributed by atoms with van der Waals surface area (Å²) in [6.45, 7) is 0.177. The molecule has 1 heterocycles. The zero-order chi connectivity index (χ0) is 19.1. The predicted octanol–water partition coefficient (Wildman–Crippen LogP) is 3.69. The van der Waals surface area contributed by atoms with Crippen LogP contribution in [0.2, 0.25) is 0 Å². The van der Waals surface area contributed by atoms with E-state index in [1.165, 1.54) is 13.4 Å². The molecule has 0 saturated carbocycles. The van der Waals surface area contributed by atoms with Gasteiger partial charge in [-0.25, -0.2) is 9.78 Å². The molecule has 0 bridgehead atoms. The summed E-state index contributed by atoms with van der Waals surface area (Å²) in [6.07, 6.45) is 3.08. The smallest absolute Gasteiger partial charge is 0.337 e. The summed E-state index contributed by atoms with van der Waals surface area (Å²) in [5, 5.41) is 3.90. The molecule has 27 heavy (non-hydrogen) atoms. The SMILES string of the molecule is COC(=O)c1ccc(/C=N/OCc2coc(-c3ccc(OC)cc3)n2)cc1. The second kappa shape index (κ2) is 8.66. The van der Waals surface area contributed by atoms with Crippen LogP contribution in [0.5, 0.6) is 5.75 Å². The summed E-state index contributed by atoms with van der Waals surface area (Å²) in [4.78, 5) is 21.0. The molecule has 0 atom stereocenters. The van der Waals surface area contributed by atoms with Gasteiger partial charge in [-0.05, 0) is 42.0 Å². The Hall–Kier alpha value is -3.61. The van der Waals surface area contributed by atoms with Crippen molar-refractivity contribution in [2.45, 2.75) is 6.61 Å². The van der Waals surface area contributed by atoms with Crippen molar-refractivity contribution in [3.63, 3.8) is 0 Å². The number of carbonyl (C=O) groups is 1. The van der Waals surface area contributed by atoms with Crippen LogP contribution in [0.1, 0.15) is 21.6 Å². The Bertz CT molecular complexity index is 914. The van der Waals surface area contributed by atoms with E-state index in [1.807, 2.05) is 24.3 Å². The Kier molecular flexibility index (Phi) is 5.84. The van der Waals surface area contributed by atoms with Crippen molar-refractivity contribution >= 4 is 12.2 Å². The lowest BCUT2D eigenvalue weighted by Crippen LogP contribution is -2.00. The van der Waals surface area contributed by atoms with E-state index in [0.29, 0.717) is 17.1 Å². The van der Waals surface area contributed by atoms with Gasteiger partial charge in [0.25, 0.3) is 0 Å². The molecule has 0 amide bonds. The average molecular weight is 366 g/mol. The number of carbonyl (C=O) groups excluding carboxylic acids is 1. The van der Waals surface area contributed by atoms with Crippen LogP contribution in [0.3, 0.4) is 0 Å². The third-order valence-electron chi connectivity index (χ3n) is 3.71. The second-order valence-corrected chi connectivity index (χ2v) is 5.49. The van der Waals surface area contributed by atoms with E-state index in [9.17, 15) is 4.79 Å². The maximum atomic E-state index is 11.4. The van der Waals surface area contributed by atoms with Crippen LogP contribution in [0, 0.1) is 0 Å². The lowest BCUT2D eigenvalue weighted by molar-refractivity contribution is 0.0600. The van der Waals surface area contributed by atoms with Crippen LogP contribution in [0.25, 0.3) is 11.5 Å². The molecule has 3 rings (SSSR count). The number of oxime groups is 1. The van der Waals surface area contributed by atoms with Crippen LogP contribution < -0.4 is 4.74 Å². The molecule has 7 nitrogen and oxygen atoms in total. The minimum Gasteiger partial charge on any atom is -0.497 e. The molecule has 0 aliphatic heterocycles. The maximum Gasteiger partial charge on any atom is 0.337 e. The number of benzene rings is 2. The number of hydrogen-bond donors (Lipinski definition) is 0. The van der Waals surface area contributed by atoms with Crippen LogP contribution in [-0.4, -0.2) is 31.4 Å². The van der Waals surface area contributed by atoms with E-state index < -0.39 is 0 Å². The molecule has 7 heteroatoms. The fourth-order valence-electron chi connectivity index (χ4n) is 2.26. The highest BCUT2D eigenvalue weighted by Crippen LogP contribution is 2.21. The van der Waals surface area contributed by atoms with Crippen molar-refractivity contribution < 1.29 is 23.5 Å². The van der Waals surface area contributed by atoms with Gasteiger partial charge in [0.05, 0.1) is 26.0 Å². The van der Waals surface area contributed by atoms with E-state index in [1.54, 1.807) is 37.6 Å². The number of rotatable bonds is 7. The fourth-order valence-corrected chi connectivity index (χ4v) is 2.26. The van der Waals surface area contributed by atoms with Crippen molar-refractivity contribution in [3.05, 3.63) is 71.6 Å². The van der Waals surface area contributed by atoms with Gasteiger partial charge in [0.1, 0.15) is 17.7 Å². The molecule has 3 aromatic rings. The number of oxazole rings is 1. The molecule has 2 aromatic carbocycles. The molecule has 138 valence electrons. The molecule has 0 radical (unpaired) electrons. The second-order valence-electron chi connectivity index (χ2n) is 5.49. The molecule has 0 unspecified atom stereocenters. The van der Waals surface area contributed by atoms with Crippen LogP contribution >= 0.6 is 0 Å². The highest BCUT2D eigenvalue weighted by molar-refractivity contribution is 5.90. The van der Waals surface area contributed by atoms with Gasteiger partial charge < -0.3 is 18.7 Å². The number of nitrogens with zero attached hydrogens (tertiary/aromatic N) is 2. The van der Waals surface area contributed by atoms with Crippen LogP contribution in [-0.2, 0) is 16.2 Å². The summed E-state index contributed by atoms with van der Waals surface area (Å²) in [5.74, 6) is 0.884. The number of aromatic nitrogens is 1. The normalized spacial score (nSPS) is 10.7. The summed E-state index contributed by atoms with van der Waals surface area (Å²) >= 11 is 0. The summed E-state index contributed by atoms with van der Waals surface area (Å²) in [7, 11) is 2.96. The highest BCUT2D eigenvalue weighted by Gasteiger charge is 2.07. The van der Waals surface area contributed by atoms with E-state index in [2.05, 4.69) is 14.9 Å². The quantitative estimate of drug-likeness (QED) is 0.360. The van der Waals surface area contributed by atoms with Gasteiger partial charge in [-0.1, -0.05) is 17.3 Å². The Morgan fingerprint density at radius 3 is 2.52 bits per heavy atom. The van der Waals surface area contributed by atoms with Gasteiger partial charge in [-0.15, -0.1) is 0 Å². The average Bonchev–Trinajstić information content (AvgIpc) is 3.20. The summed E-state index contributed by atoms with van der Waals surface area (Å²) in [6, 6.07) is 14.2. The van der Waals surface area contributed by atoms with Crippen molar-refractivity contribution in [1.82, 2.24) is 4.98 Å². The van der Waals surface area contributed by atoms with Crippen LogP contribution in [0.15, 0.2) is 64.4 Å². The lowest BCUT2D eigenvalue weighted by Gasteiger charge is -1.99. The van der Waals surface area contributed by atoms with E-state index >= 15 is 0 Å². The minimum atomic E-state index is -0.381. The minimum absolute atomic E-state index is 0.177. The third-order valence-corrected chi connectivity index (χ3v) is 3.71. The number of ether oxygens (including phenoxy) is 2. The highest BCUT2D eigenvalue weighted by atomic mass is 16.6. The zero-order valence-corrected chi connectivity index (χ0v) is 14.9. The summed E-state index contributed by atoms with van der Waals surface area (Å²) in [5.41, 5.74) is 2.74. The summed E-state index contributed by atoms with van der Waals surface area (Å²) < 4.78 is 15.2. The van der Waals surface area contributed by atoms with Gasteiger partial charge in [0, 0.05) is 5.56 Å². The number of methoxy groups -OCH3 is 2. The molecule has 0 N–H and O–H groups in total. The Balaban J connectivity index is 1.54. The maximum absolute atomic E-state index is 11.4. The molecular formula is C20H18N2O5. The third kappa shape index (κ3) is 4.72. The molecule has 0 fully saturated rings. The van der Waals surface area contributed by atoms with Gasteiger partial charge in [-0.3, -0.25) is 0 Å². The first-order valence-electron chi connectivity index (χ1n) is 8.12. The largest absolute Gasteiger partial charge is 0.497 e. The zero-order valence-electron chi connectivity index (χ0n) is 14.9. The number of hydrogen-bond acceptors (Lipinski definition) is 7. The van der Waals surface area contributed by atoms with Crippen molar-refractivity contribution in [2.24, 2.45) is 5.16 Å². The van der Waals surface area contributed by atoms with E-state index in [4.69, 9.17) is 14.0 Å². The van der Waals surface area contributed by atoms with E-state index in [0.717, 1.165) is 16.9 Å². The topological polar surface area (TPSA) is 83.2 Å². The predicted molar refractivity (Wildman–Crippen MR) is 98.7 cm³/mol.